The minimum Gasteiger partial charge on any atom is -0.508 e. The molecule has 6 N–H and O–H groups in total. The second-order valence-corrected chi connectivity index (χ2v) is 13.3. The van der Waals surface area contributed by atoms with Gasteiger partial charge in [-0.3, -0.25) is 19.3 Å². The molecule has 0 aromatic heterocycles. The van der Waals surface area contributed by atoms with E-state index in [1.807, 2.05) is 32.1 Å². The molecular formula is C30H42N4O7. The van der Waals surface area contributed by atoms with Crippen molar-refractivity contribution in [2.24, 2.45) is 23.0 Å². The monoisotopic (exact) mass is 570 g/mol. The van der Waals surface area contributed by atoms with E-state index in [2.05, 4.69) is 25.7 Å². The van der Waals surface area contributed by atoms with Crippen LogP contribution in [0.25, 0.3) is 5.76 Å². The number of likely N-dealkylation sites (N-methyl/N-ethyl adjacent to an activating group) is 1. The number of aromatic hydroxyl groups is 1. The fourth-order valence-electron chi connectivity index (χ4n) is 7.02. The third kappa shape index (κ3) is 4.79. The number of primary amides is 1. The number of nitrogens with zero attached hydrogens (tertiary/aromatic N) is 3. The summed E-state index contributed by atoms with van der Waals surface area (Å²) in [5.74, 6) is -6.52. The lowest BCUT2D eigenvalue weighted by molar-refractivity contribution is -0.153. The molecule has 4 rings (SSSR count). The van der Waals surface area contributed by atoms with Crippen LogP contribution in [0, 0.1) is 17.3 Å². The summed E-state index contributed by atoms with van der Waals surface area (Å²) >= 11 is 0. The molecule has 0 saturated heterocycles. The predicted molar refractivity (Wildman–Crippen MR) is 154 cm³/mol. The third-order valence-electron chi connectivity index (χ3n) is 8.44. The van der Waals surface area contributed by atoms with Gasteiger partial charge in [-0.1, -0.05) is 20.8 Å². The number of amides is 1. The quantitative estimate of drug-likeness (QED) is 0.316. The zero-order chi connectivity index (χ0) is 30.9. The molecule has 0 aliphatic heterocycles. The van der Waals surface area contributed by atoms with Gasteiger partial charge < -0.3 is 36.0 Å². The van der Waals surface area contributed by atoms with Gasteiger partial charge in [-0.2, -0.15) is 0 Å². The Morgan fingerprint density at radius 3 is 2.22 bits per heavy atom. The molecule has 0 bridgehead atoms. The highest BCUT2D eigenvalue weighted by Crippen LogP contribution is 2.54. The molecular weight excluding hydrogens is 528 g/mol. The molecule has 0 unspecified atom stereocenters. The molecule has 4 atom stereocenters. The Kier molecular flexibility index (Phi) is 7.56. The number of ketones is 2. The van der Waals surface area contributed by atoms with Crippen molar-refractivity contribution < 1.29 is 34.8 Å². The first-order valence-electron chi connectivity index (χ1n) is 13.7. The summed E-state index contributed by atoms with van der Waals surface area (Å²) in [6.07, 6.45) is 0.295. The number of aliphatic hydroxyl groups is 3. The number of carbonyl (C=O) groups is 3. The van der Waals surface area contributed by atoms with E-state index in [1.54, 1.807) is 14.1 Å². The molecule has 224 valence electrons. The number of Topliss-reactive ketones (excluding diaryl/α,β-unsaturated/α-hetero) is 2. The number of nitrogens with two attached hydrogens (primary N) is 1. The van der Waals surface area contributed by atoms with E-state index in [0.29, 0.717) is 17.7 Å². The first kappa shape index (κ1) is 30.5. The number of phenolic OH excluding ortho intramolecular Hbond substituents is 1. The average molecular weight is 571 g/mol. The Labute approximate surface area is 240 Å². The zero-order valence-electron chi connectivity index (χ0n) is 25.1. The maximum absolute atomic E-state index is 14.1. The van der Waals surface area contributed by atoms with Crippen LogP contribution in [0.15, 0.2) is 23.0 Å². The van der Waals surface area contributed by atoms with E-state index in [4.69, 9.17) is 5.73 Å². The summed E-state index contributed by atoms with van der Waals surface area (Å²) in [6.45, 7) is 7.44. The Bertz CT molecular complexity index is 1390. The summed E-state index contributed by atoms with van der Waals surface area (Å²) in [6, 6.07) is 0.766. The lowest BCUT2D eigenvalue weighted by atomic mass is 9.57. The standard InChI is InChI=1S/C30H42N4O7/c1-29(2,3)13-34(8)12-15-11-18(32(4)5)16-9-14-10-17-22(33(6)7)25(37)21(28(31)40)27(39)30(17,41)26(38)19(14)24(36)20(16)23(15)35/h11,14,17,22,35-36,39,41H,9-10,12-13H2,1-8H3,(H2,31,40)/t14-,17-,22-,30-/m0/s1. The molecule has 1 fully saturated rings. The minimum atomic E-state index is -2.66. The fourth-order valence-corrected chi connectivity index (χ4v) is 7.02. The van der Waals surface area contributed by atoms with Crippen LogP contribution in [-0.2, 0) is 27.3 Å². The topological polar surface area (TPSA) is 168 Å². The highest BCUT2D eigenvalue weighted by Gasteiger charge is 2.64. The van der Waals surface area contributed by atoms with Crippen molar-refractivity contribution >= 4 is 28.9 Å². The van der Waals surface area contributed by atoms with Crippen LogP contribution < -0.4 is 10.6 Å². The molecule has 1 aromatic rings. The highest BCUT2D eigenvalue weighted by atomic mass is 16.3. The van der Waals surface area contributed by atoms with Crippen LogP contribution >= 0.6 is 0 Å². The smallest absolute Gasteiger partial charge is 0.255 e. The van der Waals surface area contributed by atoms with Gasteiger partial charge in [0.2, 0.25) is 5.78 Å². The van der Waals surface area contributed by atoms with E-state index in [1.165, 1.54) is 4.90 Å². The van der Waals surface area contributed by atoms with Crippen LogP contribution in [0.3, 0.4) is 0 Å². The van der Waals surface area contributed by atoms with Gasteiger partial charge in [0, 0.05) is 49.9 Å². The fraction of sp³-hybridized carbons (Fsp3) is 0.567. The first-order chi connectivity index (χ1) is 18.8. The number of hydrogen-bond acceptors (Lipinski definition) is 10. The van der Waals surface area contributed by atoms with Gasteiger partial charge in [0.1, 0.15) is 22.8 Å². The van der Waals surface area contributed by atoms with Crippen molar-refractivity contribution in [2.75, 3.05) is 46.7 Å². The molecule has 1 saturated carbocycles. The summed E-state index contributed by atoms with van der Waals surface area (Å²) < 4.78 is 0. The van der Waals surface area contributed by atoms with Gasteiger partial charge in [0.05, 0.1) is 11.6 Å². The van der Waals surface area contributed by atoms with E-state index < -0.39 is 58.0 Å². The molecule has 1 aromatic carbocycles. The average Bonchev–Trinajstić information content (AvgIpc) is 2.81. The molecule has 0 spiro atoms. The molecule has 0 radical (unpaired) electrons. The lowest BCUT2D eigenvalue weighted by Gasteiger charge is -2.50. The van der Waals surface area contributed by atoms with Crippen LogP contribution in [0.1, 0.15) is 43.9 Å². The van der Waals surface area contributed by atoms with Gasteiger partial charge in [-0.05, 0) is 56.9 Å². The Balaban J connectivity index is 1.93. The molecule has 1 amide bonds. The predicted octanol–water partition coefficient (Wildman–Crippen LogP) is 1.51. The van der Waals surface area contributed by atoms with Crippen molar-refractivity contribution in [3.05, 3.63) is 39.7 Å². The number of aliphatic hydroxyl groups excluding tert-OH is 2. The molecule has 11 heteroatoms. The number of carbonyl (C=O) groups excluding carboxylic acids is 3. The van der Waals surface area contributed by atoms with Crippen molar-refractivity contribution in [3.8, 4) is 5.75 Å². The molecule has 0 heterocycles. The zero-order valence-corrected chi connectivity index (χ0v) is 25.1. The van der Waals surface area contributed by atoms with Gasteiger partial charge in [-0.15, -0.1) is 0 Å². The number of benzene rings is 1. The summed E-state index contributed by atoms with van der Waals surface area (Å²) in [5.41, 5.74) is 3.82. The number of hydrogen-bond donors (Lipinski definition) is 5. The van der Waals surface area contributed by atoms with Gasteiger partial charge >= 0.3 is 0 Å². The van der Waals surface area contributed by atoms with E-state index in [9.17, 15) is 34.8 Å². The van der Waals surface area contributed by atoms with Crippen molar-refractivity contribution in [1.29, 1.82) is 0 Å². The summed E-state index contributed by atoms with van der Waals surface area (Å²) in [7, 11) is 8.80. The van der Waals surface area contributed by atoms with Gasteiger partial charge in [0.25, 0.3) is 5.91 Å². The Morgan fingerprint density at radius 1 is 1.10 bits per heavy atom. The van der Waals surface area contributed by atoms with Crippen molar-refractivity contribution in [3.63, 3.8) is 0 Å². The number of phenols is 1. The first-order valence-corrected chi connectivity index (χ1v) is 13.7. The van der Waals surface area contributed by atoms with Gasteiger partial charge in [-0.25, -0.2) is 0 Å². The van der Waals surface area contributed by atoms with E-state index in [0.717, 1.165) is 12.2 Å². The van der Waals surface area contributed by atoms with Crippen molar-refractivity contribution in [2.45, 2.75) is 51.8 Å². The molecule has 3 aliphatic rings. The highest BCUT2D eigenvalue weighted by molar-refractivity contribution is 6.24. The van der Waals surface area contributed by atoms with Crippen LogP contribution in [-0.4, -0.2) is 101 Å². The van der Waals surface area contributed by atoms with Crippen LogP contribution in [0.5, 0.6) is 5.75 Å². The third-order valence-corrected chi connectivity index (χ3v) is 8.44. The number of anilines is 1. The van der Waals surface area contributed by atoms with E-state index in [-0.39, 0.29) is 35.1 Å². The minimum absolute atomic E-state index is 0.00583. The second kappa shape index (κ2) is 10.1. The maximum Gasteiger partial charge on any atom is 0.255 e. The largest absolute Gasteiger partial charge is 0.508 e. The van der Waals surface area contributed by atoms with Crippen LogP contribution in [0.2, 0.25) is 0 Å². The Hall–Kier alpha value is -3.41. The van der Waals surface area contributed by atoms with Gasteiger partial charge in [0.15, 0.2) is 11.4 Å². The van der Waals surface area contributed by atoms with E-state index >= 15 is 0 Å². The Morgan fingerprint density at radius 2 is 1.71 bits per heavy atom. The molecule has 11 nitrogen and oxygen atoms in total. The SMILES string of the molecule is CN(Cc1cc(N(C)C)c2c(c1O)C(O)=C1C(=O)[C@]3(O)C(O)=C(C(N)=O)C(=O)[C@@H](N(C)C)[C@@H]3C[C@@H]1C2)CC(C)(C)C. The normalized spacial score (nSPS) is 26.4. The summed E-state index contributed by atoms with van der Waals surface area (Å²) in [4.78, 5) is 45.0. The second-order valence-electron chi connectivity index (χ2n) is 13.3. The maximum atomic E-state index is 14.1. The molecule has 3 aliphatic carbocycles. The molecule has 41 heavy (non-hydrogen) atoms. The summed E-state index contributed by atoms with van der Waals surface area (Å²) in [5, 5.41) is 45.9. The van der Waals surface area contributed by atoms with Crippen molar-refractivity contribution in [1.82, 2.24) is 9.80 Å². The number of rotatable bonds is 6. The number of fused-ring (bicyclic) bond motifs is 3. The van der Waals surface area contributed by atoms with Crippen LogP contribution in [0.4, 0.5) is 5.69 Å². The lowest BCUT2D eigenvalue weighted by Crippen LogP contribution is -2.65.